The van der Waals surface area contributed by atoms with E-state index in [-0.39, 0.29) is 5.56 Å². The molecule has 1 atom stereocenters. The number of pyridine rings is 1. The summed E-state index contributed by atoms with van der Waals surface area (Å²) in [7, 11) is 0. The molecule has 1 unspecified atom stereocenters. The van der Waals surface area contributed by atoms with Gasteiger partial charge >= 0.3 is 0 Å². The zero-order chi connectivity index (χ0) is 12.4. The maximum absolute atomic E-state index is 13.4. The summed E-state index contributed by atoms with van der Waals surface area (Å²) in [6, 6.07) is 4.21. The molecule has 1 heterocycles. The van der Waals surface area contributed by atoms with Crippen LogP contribution >= 0.6 is 0 Å². The van der Waals surface area contributed by atoms with Crippen LogP contribution in [0.15, 0.2) is 36.7 Å². The van der Waals surface area contributed by atoms with Crippen molar-refractivity contribution in [2.45, 2.75) is 6.10 Å². The fourth-order valence-electron chi connectivity index (χ4n) is 1.52. The summed E-state index contributed by atoms with van der Waals surface area (Å²) in [6.07, 6.45) is 0.507. The van der Waals surface area contributed by atoms with E-state index < -0.39 is 29.1 Å². The highest BCUT2D eigenvalue weighted by Gasteiger charge is 2.19. The van der Waals surface area contributed by atoms with Crippen molar-refractivity contribution in [1.82, 2.24) is 4.98 Å². The standard InChI is InChI=1S/C12H8F3NO/c13-8-4-7(5-16-6-8)12(17)11-9(14)2-1-3-10(11)15/h1-6,12,17H. The molecule has 0 bridgehead atoms. The molecule has 88 valence electrons. The molecular formula is C12H8F3NO. The number of benzene rings is 1. The van der Waals surface area contributed by atoms with Crippen molar-refractivity contribution in [1.29, 1.82) is 0 Å². The molecule has 5 heteroatoms. The smallest absolute Gasteiger partial charge is 0.141 e. The molecular weight excluding hydrogens is 231 g/mol. The Morgan fingerprint density at radius 2 is 1.71 bits per heavy atom. The highest BCUT2D eigenvalue weighted by atomic mass is 19.1. The molecule has 0 aliphatic rings. The lowest BCUT2D eigenvalue weighted by Crippen LogP contribution is -2.06. The Morgan fingerprint density at radius 3 is 2.29 bits per heavy atom. The van der Waals surface area contributed by atoms with Crippen molar-refractivity contribution in [3.63, 3.8) is 0 Å². The van der Waals surface area contributed by atoms with Gasteiger partial charge in [0.2, 0.25) is 0 Å². The van der Waals surface area contributed by atoms with Gasteiger partial charge in [-0.05, 0) is 18.2 Å². The van der Waals surface area contributed by atoms with Crippen molar-refractivity contribution < 1.29 is 18.3 Å². The van der Waals surface area contributed by atoms with Crippen LogP contribution < -0.4 is 0 Å². The van der Waals surface area contributed by atoms with Crippen molar-refractivity contribution in [2.24, 2.45) is 0 Å². The van der Waals surface area contributed by atoms with E-state index in [0.29, 0.717) is 0 Å². The predicted molar refractivity (Wildman–Crippen MR) is 54.6 cm³/mol. The fourth-order valence-corrected chi connectivity index (χ4v) is 1.52. The minimum absolute atomic E-state index is 0.00556. The first kappa shape index (κ1) is 11.6. The second kappa shape index (κ2) is 4.55. The molecule has 2 aromatic rings. The van der Waals surface area contributed by atoms with Crippen LogP contribution in [0.5, 0.6) is 0 Å². The summed E-state index contributed by atoms with van der Waals surface area (Å²) < 4.78 is 39.6. The topological polar surface area (TPSA) is 33.1 Å². The number of hydrogen-bond acceptors (Lipinski definition) is 2. The minimum atomic E-state index is -1.58. The maximum Gasteiger partial charge on any atom is 0.141 e. The molecule has 0 aliphatic carbocycles. The van der Waals surface area contributed by atoms with E-state index in [2.05, 4.69) is 4.98 Å². The van der Waals surface area contributed by atoms with Gasteiger partial charge in [-0.25, -0.2) is 13.2 Å². The highest BCUT2D eigenvalue weighted by Crippen LogP contribution is 2.26. The molecule has 0 saturated carbocycles. The van der Waals surface area contributed by atoms with Gasteiger partial charge in [0, 0.05) is 11.8 Å². The molecule has 0 radical (unpaired) electrons. The Kier molecular flexibility index (Phi) is 3.10. The van der Waals surface area contributed by atoms with Crippen LogP contribution in [0.25, 0.3) is 0 Å². The number of hydrogen-bond donors (Lipinski definition) is 1. The van der Waals surface area contributed by atoms with E-state index in [1.54, 1.807) is 0 Å². The molecule has 2 nitrogen and oxygen atoms in total. The molecule has 0 spiro atoms. The van der Waals surface area contributed by atoms with Crippen molar-refractivity contribution in [2.75, 3.05) is 0 Å². The van der Waals surface area contributed by atoms with Crippen LogP contribution in [-0.4, -0.2) is 10.1 Å². The van der Waals surface area contributed by atoms with Crippen LogP contribution in [0.2, 0.25) is 0 Å². The van der Waals surface area contributed by atoms with Gasteiger partial charge in [-0.15, -0.1) is 0 Å². The summed E-state index contributed by atoms with van der Waals surface area (Å²) >= 11 is 0. The van der Waals surface area contributed by atoms with Crippen LogP contribution in [0, 0.1) is 17.5 Å². The lowest BCUT2D eigenvalue weighted by Gasteiger charge is -2.12. The molecule has 2 rings (SSSR count). The number of aromatic nitrogens is 1. The fraction of sp³-hybridized carbons (Fsp3) is 0.0833. The zero-order valence-electron chi connectivity index (χ0n) is 8.57. The normalized spacial score (nSPS) is 12.5. The number of nitrogens with zero attached hydrogens (tertiary/aromatic N) is 1. The third-order valence-electron chi connectivity index (χ3n) is 2.31. The average molecular weight is 239 g/mol. The SMILES string of the molecule is OC(c1cncc(F)c1)c1c(F)cccc1F. The van der Waals surface area contributed by atoms with Gasteiger partial charge in [0.1, 0.15) is 23.6 Å². The highest BCUT2D eigenvalue weighted by molar-refractivity contribution is 5.30. The molecule has 17 heavy (non-hydrogen) atoms. The first-order valence-corrected chi connectivity index (χ1v) is 4.82. The number of aliphatic hydroxyl groups is 1. The van der Waals surface area contributed by atoms with Gasteiger partial charge in [0.05, 0.1) is 11.8 Å². The van der Waals surface area contributed by atoms with Crippen molar-refractivity contribution in [3.05, 3.63) is 65.2 Å². The third-order valence-corrected chi connectivity index (χ3v) is 2.31. The van der Waals surface area contributed by atoms with Gasteiger partial charge in [-0.1, -0.05) is 6.07 Å². The Bertz CT molecular complexity index is 525. The number of aliphatic hydroxyl groups excluding tert-OH is 1. The Labute approximate surface area is 95.4 Å². The monoisotopic (exact) mass is 239 g/mol. The maximum atomic E-state index is 13.4. The van der Waals surface area contributed by atoms with E-state index in [1.165, 1.54) is 6.07 Å². The zero-order valence-corrected chi connectivity index (χ0v) is 8.57. The first-order valence-electron chi connectivity index (χ1n) is 4.82. The molecule has 0 amide bonds. The van der Waals surface area contributed by atoms with E-state index in [0.717, 1.165) is 30.6 Å². The van der Waals surface area contributed by atoms with E-state index in [1.807, 2.05) is 0 Å². The minimum Gasteiger partial charge on any atom is -0.383 e. The van der Waals surface area contributed by atoms with Gasteiger partial charge in [-0.2, -0.15) is 0 Å². The molecule has 0 aliphatic heterocycles. The summed E-state index contributed by atoms with van der Waals surface area (Å²) in [6.45, 7) is 0. The first-order chi connectivity index (χ1) is 8.09. The number of halogens is 3. The third kappa shape index (κ3) is 2.29. The molecule has 0 fully saturated rings. The second-order valence-corrected chi connectivity index (χ2v) is 3.47. The Balaban J connectivity index is 2.47. The summed E-state index contributed by atoms with van der Waals surface area (Å²) in [5, 5.41) is 9.79. The van der Waals surface area contributed by atoms with Gasteiger partial charge in [-0.3, -0.25) is 4.98 Å². The second-order valence-electron chi connectivity index (χ2n) is 3.47. The van der Waals surface area contributed by atoms with E-state index in [4.69, 9.17) is 0 Å². The van der Waals surface area contributed by atoms with Crippen LogP contribution in [0.1, 0.15) is 17.2 Å². The number of rotatable bonds is 2. The lowest BCUT2D eigenvalue weighted by atomic mass is 10.0. The quantitative estimate of drug-likeness (QED) is 0.873. The lowest BCUT2D eigenvalue weighted by molar-refractivity contribution is 0.208. The van der Waals surface area contributed by atoms with E-state index in [9.17, 15) is 18.3 Å². The van der Waals surface area contributed by atoms with Crippen LogP contribution in [0.4, 0.5) is 13.2 Å². The predicted octanol–water partition coefficient (Wildman–Crippen LogP) is 2.58. The molecule has 1 aromatic heterocycles. The van der Waals surface area contributed by atoms with Crippen LogP contribution in [-0.2, 0) is 0 Å². The molecule has 1 N–H and O–H groups in total. The van der Waals surface area contributed by atoms with E-state index >= 15 is 0 Å². The molecule has 1 aromatic carbocycles. The summed E-state index contributed by atoms with van der Waals surface area (Å²) in [4.78, 5) is 3.51. The molecule has 0 saturated heterocycles. The van der Waals surface area contributed by atoms with Crippen LogP contribution in [0.3, 0.4) is 0 Å². The largest absolute Gasteiger partial charge is 0.383 e. The Morgan fingerprint density at radius 1 is 1.06 bits per heavy atom. The van der Waals surface area contributed by atoms with Crippen molar-refractivity contribution >= 4 is 0 Å². The van der Waals surface area contributed by atoms with Gasteiger partial charge in [0.25, 0.3) is 0 Å². The van der Waals surface area contributed by atoms with Gasteiger partial charge in [0.15, 0.2) is 0 Å². The van der Waals surface area contributed by atoms with Gasteiger partial charge < -0.3 is 5.11 Å². The summed E-state index contributed by atoms with van der Waals surface area (Å²) in [5.41, 5.74) is -0.520. The Hall–Kier alpha value is -1.88. The van der Waals surface area contributed by atoms with Crippen molar-refractivity contribution in [3.8, 4) is 0 Å². The average Bonchev–Trinajstić information content (AvgIpc) is 2.28. The summed E-state index contributed by atoms with van der Waals surface area (Å²) in [5.74, 6) is -2.46.